The van der Waals surface area contributed by atoms with E-state index in [0.717, 1.165) is 36.7 Å². The molecule has 28 heavy (non-hydrogen) atoms. The zero-order valence-electron chi connectivity index (χ0n) is 18.2. The highest BCUT2D eigenvalue weighted by Gasteiger charge is 2.30. The Labute approximate surface area is 169 Å². The number of benzene rings is 2. The number of amides is 1. The van der Waals surface area contributed by atoms with Gasteiger partial charge in [0, 0.05) is 27.9 Å². The summed E-state index contributed by atoms with van der Waals surface area (Å²) in [5, 5.41) is 3.19. The maximum absolute atomic E-state index is 13.2. The van der Waals surface area contributed by atoms with E-state index >= 15 is 0 Å². The molecule has 1 saturated carbocycles. The van der Waals surface area contributed by atoms with Crippen molar-refractivity contribution in [3.63, 3.8) is 0 Å². The first kappa shape index (κ1) is 16.3. The summed E-state index contributed by atoms with van der Waals surface area (Å²) in [5.41, 5.74) is 2.27. The minimum Gasteiger partial charge on any atom is -0.334 e. The van der Waals surface area contributed by atoms with E-state index in [9.17, 15) is 4.79 Å². The summed E-state index contributed by atoms with van der Waals surface area (Å²) in [6.07, 6.45) is 3.51. The van der Waals surface area contributed by atoms with Crippen molar-refractivity contribution in [2.45, 2.75) is 51.2 Å². The molecule has 5 nitrogen and oxygen atoms in total. The Morgan fingerprint density at radius 1 is 1.21 bits per heavy atom. The van der Waals surface area contributed by atoms with Crippen molar-refractivity contribution >= 4 is 16.9 Å². The molecule has 4 rings (SSSR count). The first-order chi connectivity index (χ1) is 14.5. The molecule has 0 spiro atoms. The van der Waals surface area contributed by atoms with Crippen LogP contribution in [-0.2, 0) is 6.50 Å². The zero-order chi connectivity index (χ0) is 21.1. The molecule has 2 aromatic carbocycles. The summed E-state index contributed by atoms with van der Waals surface area (Å²) in [6.45, 7) is 0.979. The predicted octanol–water partition coefficient (Wildman–Crippen LogP) is 4.13. The number of aromatic nitrogens is 2. The normalized spacial score (nSPS) is 21.2. The van der Waals surface area contributed by atoms with Gasteiger partial charge in [0.25, 0.3) is 5.91 Å². The van der Waals surface area contributed by atoms with E-state index in [1.54, 1.807) is 12.1 Å². The molecule has 2 atom stereocenters. The molecule has 3 aromatic rings. The summed E-state index contributed by atoms with van der Waals surface area (Å²) in [4.78, 5) is 22.7. The van der Waals surface area contributed by atoms with Gasteiger partial charge in [-0.2, -0.15) is 0 Å². The van der Waals surface area contributed by atoms with E-state index < -0.39 is 6.50 Å². The second-order valence-corrected chi connectivity index (χ2v) is 7.35. The molecule has 0 unspecified atom stereocenters. The number of nitrogens with zero attached hydrogens (tertiary/aromatic N) is 2. The molecule has 5 heteroatoms. The second-order valence-electron chi connectivity index (χ2n) is 7.35. The van der Waals surface area contributed by atoms with Crippen LogP contribution in [0.15, 0.2) is 54.6 Å². The van der Waals surface area contributed by atoms with Gasteiger partial charge in [-0.25, -0.2) is 4.98 Å². The molecule has 0 radical (unpaired) electrons. The highest BCUT2D eigenvalue weighted by atomic mass is 16.2. The number of aromatic amines is 1. The molecule has 0 bridgehead atoms. The van der Waals surface area contributed by atoms with Crippen molar-refractivity contribution < 1.29 is 7.54 Å². The average Bonchev–Trinajstić information content (AvgIpc) is 3.19. The van der Waals surface area contributed by atoms with Crippen LogP contribution in [-0.4, -0.2) is 39.4 Å². The second kappa shape index (κ2) is 8.57. The zero-order valence-corrected chi connectivity index (χ0v) is 16.2. The van der Waals surface area contributed by atoms with Crippen LogP contribution in [0.4, 0.5) is 0 Å². The number of rotatable bonds is 6. The van der Waals surface area contributed by atoms with Gasteiger partial charge < -0.3 is 15.2 Å². The third-order valence-corrected chi connectivity index (χ3v) is 5.48. The number of hydrogen-bond donors (Lipinski definition) is 2. The molecular formula is C23H28N4O. The molecule has 1 heterocycles. The fraction of sp³-hybridized carbons (Fsp3) is 0.391. The third-order valence-electron chi connectivity index (χ3n) is 5.48. The van der Waals surface area contributed by atoms with E-state index in [-0.39, 0.29) is 18.0 Å². The molecule has 0 saturated heterocycles. The molecule has 0 aliphatic heterocycles. The van der Waals surface area contributed by atoms with Gasteiger partial charge in [-0.1, -0.05) is 42.5 Å². The molecule has 2 N–H and O–H groups in total. The Morgan fingerprint density at radius 3 is 2.79 bits per heavy atom. The number of carbonyl (C=O) groups is 1. The highest BCUT2D eigenvalue weighted by molar-refractivity contribution is 5.94. The Balaban J connectivity index is 1.47. The lowest BCUT2D eigenvalue weighted by atomic mass is 9.89. The van der Waals surface area contributed by atoms with Gasteiger partial charge in [0.1, 0.15) is 0 Å². The SMILES string of the molecule is [2H]C([2H])(N[C@@H]1CCC[C@H](N(CC)C(=O)c2nc3ccccc3[nH]2)C1)c1ccccc1. The van der Waals surface area contributed by atoms with E-state index in [2.05, 4.69) is 15.3 Å². The van der Waals surface area contributed by atoms with Gasteiger partial charge in [-0.05, 0) is 50.3 Å². The minimum atomic E-state index is -1.60. The Hall–Kier alpha value is -2.66. The minimum absolute atomic E-state index is 0.0106. The van der Waals surface area contributed by atoms with Gasteiger partial charge in [0.05, 0.1) is 11.0 Å². The molecule has 1 aliphatic rings. The predicted molar refractivity (Wildman–Crippen MR) is 112 cm³/mol. The lowest BCUT2D eigenvalue weighted by molar-refractivity contribution is 0.0617. The lowest BCUT2D eigenvalue weighted by Gasteiger charge is -2.37. The van der Waals surface area contributed by atoms with E-state index in [0.29, 0.717) is 17.9 Å². The van der Waals surface area contributed by atoms with Crippen molar-refractivity contribution in [3.05, 3.63) is 66.0 Å². The van der Waals surface area contributed by atoms with Crippen LogP contribution >= 0.6 is 0 Å². The average molecular weight is 379 g/mol. The fourth-order valence-electron chi connectivity index (χ4n) is 4.04. The van der Waals surface area contributed by atoms with Crippen molar-refractivity contribution in [2.75, 3.05) is 6.54 Å². The quantitative estimate of drug-likeness (QED) is 0.678. The summed E-state index contributed by atoms with van der Waals surface area (Å²) in [6, 6.07) is 16.9. The highest BCUT2D eigenvalue weighted by Crippen LogP contribution is 2.25. The molecule has 146 valence electrons. The van der Waals surface area contributed by atoms with Gasteiger partial charge in [-0.3, -0.25) is 4.79 Å². The number of fused-ring (bicyclic) bond motifs is 1. The maximum Gasteiger partial charge on any atom is 0.289 e. The van der Waals surface area contributed by atoms with Crippen LogP contribution in [0.25, 0.3) is 11.0 Å². The molecule has 1 aliphatic carbocycles. The van der Waals surface area contributed by atoms with Crippen molar-refractivity contribution in [1.29, 1.82) is 0 Å². The molecule has 1 aromatic heterocycles. The number of imidazole rings is 1. The van der Waals surface area contributed by atoms with E-state index in [1.165, 1.54) is 0 Å². The maximum atomic E-state index is 13.2. The number of nitrogens with one attached hydrogen (secondary N) is 2. The van der Waals surface area contributed by atoms with Crippen LogP contribution < -0.4 is 5.32 Å². The van der Waals surface area contributed by atoms with Crippen LogP contribution in [0.3, 0.4) is 0 Å². The summed E-state index contributed by atoms with van der Waals surface area (Å²) >= 11 is 0. The lowest BCUT2D eigenvalue weighted by Crippen LogP contribution is -2.47. The Morgan fingerprint density at radius 2 is 2.00 bits per heavy atom. The monoisotopic (exact) mass is 378 g/mol. The summed E-state index contributed by atoms with van der Waals surface area (Å²) < 4.78 is 16.9. The largest absolute Gasteiger partial charge is 0.334 e. The third kappa shape index (κ3) is 4.09. The van der Waals surface area contributed by atoms with Crippen LogP contribution in [0.5, 0.6) is 0 Å². The van der Waals surface area contributed by atoms with Crippen LogP contribution in [0, 0.1) is 0 Å². The first-order valence-electron chi connectivity index (χ1n) is 11.1. The molecule has 1 amide bonds. The smallest absolute Gasteiger partial charge is 0.289 e. The first-order valence-corrected chi connectivity index (χ1v) is 10.1. The molecular weight excluding hydrogens is 348 g/mol. The summed E-state index contributed by atoms with van der Waals surface area (Å²) in [5.74, 6) is 0.276. The van der Waals surface area contributed by atoms with Crippen molar-refractivity contribution in [1.82, 2.24) is 20.2 Å². The standard InChI is InChI=1S/C23H28N4O/c1-2-27(23(28)22-25-20-13-6-7-14-21(20)26-22)19-12-8-11-18(15-19)24-16-17-9-4-3-5-10-17/h3-7,9-10,13-14,18-19,24H,2,8,11-12,15-16H2,1H3,(H,25,26)/t18-,19+/m1/s1/i16D2. The van der Waals surface area contributed by atoms with Gasteiger partial charge >= 0.3 is 0 Å². The van der Waals surface area contributed by atoms with Gasteiger partial charge in [0.15, 0.2) is 5.82 Å². The summed E-state index contributed by atoms with van der Waals surface area (Å²) in [7, 11) is 0. The van der Waals surface area contributed by atoms with E-state index in [4.69, 9.17) is 2.74 Å². The fourth-order valence-corrected chi connectivity index (χ4v) is 4.04. The number of para-hydroxylation sites is 2. The number of hydrogen-bond acceptors (Lipinski definition) is 3. The van der Waals surface area contributed by atoms with Gasteiger partial charge in [0.2, 0.25) is 0 Å². The molecule has 1 fully saturated rings. The number of H-pyrrole nitrogens is 1. The number of carbonyl (C=O) groups excluding carboxylic acids is 1. The van der Waals surface area contributed by atoms with Gasteiger partial charge in [-0.15, -0.1) is 0 Å². The van der Waals surface area contributed by atoms with Crippen LogP contribution in [0.1, 0.15) is 51.5 Å². The Bertz CT molecular complexity index is 972. The van der Waals surface area contributed by atoms with Crippen molar-refractivity contribution in [3.8, 4) is 0 Å². The topological polar surface area (TPSA) is 61.0 Å². The van der Waals surface area contributed by atoms with E-state index in [1.807, 2.05) is 54.3 Å². The Kier molecular flexibility index (Phi) is 4.99. The van der Waals surface area contributed by atoms with Crippen LogP contribution in [0.2, 0.25) is 0 Å². The van der Waals surface area contributed by atoms with Crippen molar-refractivity contribution in [2.24, 2.45) is 0 Å².